The van der Waals surface area contributed by atoms with E-state index in [2.05, 4.69) is 39.5 Å². The predicted octanol–water partition coefficient (Wildman–Crippen LogP) is 4.57. The number of carbonyl (C=O) groups excluding carboxylic acids is 1. The molecule has 2 aromatic heterocycles. The molecule has 4 aromatic rings. The Balaban J connectivity index is 1.11. The van der Waals surface area contributed by atoms with E-state index in [1.54, 1.807) is 11.3 Å². The van der Waals surface area contributed by atoms with Crippen LogP contribution in [0.2, 0.25) is 0 Å². The summed E-state index contributed by atoms with van der Waals surface area (Å²) in [6.07, 6.45) is 3.38. The number of fused-ring (bicyclic) bond motifs is 1. The van der Waals surface area contributed by atoms with Gasteiger partial charge in [-0.3, -0.25) is 9.69 Å². The first-order valence-corrected chi connectivity index (χ1v) is 11.7. The van der Waals surface area contributed by atoms with Crippen molar-refractivity contribution in [2.45, 2.75) is 19.4 Å². The molecule has 0 saturated carbocycles. The number of para-hydroxylation sites is 1. The molecule has 1 aliphatic heterocycles. The maximum atomic E-state index is 12.7. The second kappa shape index (κ2) is 9.04. The molecule has 0 radical (unpaired) electrons. The van der Waals surface area contributed by atoms with Gasteiger partial charge in [0.15, 0.2) is 0 Å². The average Bonchev–Trinajstić information content (AvgIpc) is 3.46. The molecule has 5 rings (SSSR count). The molecule has 0 bridgehead atoms. The van der Waals surface area contributed by atoms with Gasteiger partial charge in [0.1, 0.15) is 5.01 Å². The van der Waals surface area contributed by atoms with Crippen LogP contribution in [0.15, 0.2) is 66.2 Å². The van der Waals surface area contributed by atoms with Crippen molar-refractivity contribution in [3.05, 3.63) is 77.4 Å². The minimum Gasteiger partial charge on any atom is -0.361 e. The third-order valence-electron chi connectivity index (χ3n) is 5.97. The van der Waals surface area contributed by atoms with E-state index in [9.17, 15) is 4.79 Å². The quantitative estimate of drug-likeness (QED) is 0.488. The number of nitrogens with one attached hydrogen (secondary N) is 1. The predicted molar refractivity (Wildman–Crippen MR) is 126 cm³/mol. The Morgan fingerprint density at radius 3 is 2.61 bits per heavy atom. The van der Waals surface area contributed by atoms with Crippen molar-refractivity contribution in [1.29, 1.82) is 0 Å². The van der Waals surface area contributed by atoms with Gasteiger partial charge in [-0.15, -0.1) is 11.3 Å². The lowest BCUT2D eigenvalue weighted by Crippen LogP contribution is -2.48. The summed E-state index contributed by atoms with van der Waals surface area (Å²) in [5, 5.41) is 4.45. The van der Waals surface area contributed by atoms with Crippen LogP contribution in [0.3, 0.4) is 0 Å². The van der Waals surface area contributed by atoms with Crippen molar-refractivity contribution in [2.75, 3.05) is 26.2 Å². The molecule has 0 aliphatic carbocycles. The number of aryl methyl sites for hydroxylation is 1. The Labute approximate surface area is 186 Å². The molecular formula is C25H26N4OS. The molecule has 158 valence electrons. The fourth-order valence-electron chi connectivity index (χ4n) is 4.22. The van der Waals surface area contributed by atoms with Crippen molar-refractivity contribution in [1.82, 2.24) is 19.8 Å². The van der Waals surface area contributed by atoms with Gasteiger partial charge in [-0.2, -0.15) is 0 Å². The molecule has 2 aromatic carbocycles. The van der Waals surface area contributed by atoms with E-state index in [0.29, 0.717) is 6.42 Å². The standard InChI is InChI=1S/C25H26N4OS/c30-24(11-10-20-16-26-23-9-5-4-8-22(20)23)29-14-12-28(13-15-29)17-21-18-31-25(27-21)19-6-2-1-3-7-19/h1-9,16,18,26H,10-15,17H2. The molecule has 1 aliphatic rings. The summed E-state index contributed by atoms with van der Waals surface area (Å²) >= 11 is 1.70. The molecule has 6 heteroatoms. The first-order chi connectivity index (χ1) is 15.3. The molecule has 0 atom stereocenters. The summed E-state index contributed by atoms with van der Waals surface area (Å²) in [5.41, 5.74) is 4.64. The van der Waals surface area contributed by atoms with Crippen LogP contribution in [0.5, 0.6) is 0 Å². The number of amides is 1. The number of thiazole rings is 1. The minimum atomic E-state index is 0.255. The normalized spacial score (nSPS) is 14.9. The fourth-order valence-corrected chi connectivity index (χ4v) is 5.03. The number of piperazine rings is 1. The van der Waals surface area contributed by atoms with Gasteiger partial charge in [0.25, 0.3) is 0 Å². The Morgan fingerprint density at radius 2 is 1.77 bits per heavy atom. The highest BCUT2D eigenvalue weighted by atomic mass is 32.1. The minimum absolute atomic E-state index is 0.255. The van der Waals surface area contributed by atoms with Crippen LogP contribution in [0.25, 0.3) is 21.5 Å². The van der Waals surface area contributed by atoms with E-state index < -0.39 is 0 Å². The number of H-pyrrole nitrogens is 1. The molecule has 1 fully saturated rings. The molecule has 0 spiro atoms. The Bertz CT molecular complexity index is 1160. The van der Waals surface area contributed by atoms with E-state index >= 15 is 0 Å². The zero-order valence-electron chi connectivity index (χ0n) is 17.5. The van der Waals surface area contributed by atoms with Gasteiger partial charge in [0.2, 0.25) is 5.91 Å². The SMILES string of the molecule is O=C(CCc1c[nH]c2ccccc12)N1CCN(Cc2csc(-c3ccccc3)n2)CC1. The van der Waals surface area contributed by atoms with E-state index in [0.717, 1.165) is 55.4 Å². The number of rotatable bonds is 6. The number of nitrogens with zero attached hydrogens (tertiary/aromatic N) is 3. The van der Waals surface area contributed by atoms with Gasteiger partial charge in [-0.25, -0.2) is 4.98 Å². The summed E-state index contributed by atoms with van der Waals surface area (Å²) in [7, 11) is 0. The number of carbonyl (C=O) groups is 1. The lowest BCUT2D eigenvalue weighted by atomic mass is 10.1. The summed E-state index contributed by atoms with van der Waals surface area (Å²) in [4.78, 5) is 25.3. The molecule has 1 N–H and O–H groups in total. The number of hydrogen-bond donors (Lipinski definition) is 1. The first-order valence-electron chi connectivity index (χ1n) is 10.8. The van der Waals surface area contributed by atoms with Crippen LogP contribution in [-0.4, -0.2) is 51.9 Å². The Kier molecular flexibility index (Phi) is 5.82. The average molecular weight is 431 g/mol. The maximum Gasteiger partial charge on any atom is 0.222 e. The Hall–Kier alpha value is -2.96. The second-order valence-electron chi connectivity index (χ2n) is 8.03. The van der Waals surface area contributed by atoms with Crippen molar-refractivity contribution >= 4 is 28.1 Å². The number of aromatic nitrogens is 2. The number of aromatic amines is 1. The van der Waals surface area contributed by atoms with Crippen molar-refractivity contribution in [3.63, 3.8) is 0 Å². The fraction of sp³-hybridized carbons (Fsp3) is 0.280. The van der Waals surface area contributed by atoms with Crippen LogP contribution in [0.1, 0.15) is 17.7 Å². The van der Waals surface area contributed by atoms with E-state index in [-0.39, 0.29) is 5.91 Å². The maximum absolute atomic E-state index is 12.7. The van der Waals surface area contributed by atoms with Gasteiger partial charge < -0.3 is 9.88 Å². The molecular weight excluding hydrogens is 404 g/mol. The third-order valence-corrected chi connectivity index (χ3v) is 6.91. The Morgan fingerprint density at radius 1 is 1.00 bits per heavy atom. The largest absolute Gasteiger partial charge is 0.361 e. The number of hydrogen-bond acceptors (Lipinski definition) is 4. The zero-order chi connectivity index (χ0) is 21.0. The summed E-state index contributed by atoms with van der Waals surface area (Å²) in [6.45, 7) is 4.24. The highest BCUT2D eigenvalue weighted by molar-refractivity contribution is 7.13. The van der Waals surface area contributed by atoms with Crippen LogP contribution in [0, 0.1) is 0 Å². The van der Waals surface area contributed by atoms with Gasteiger partial charge in [-0.1, -0.05) is 48.5 Å². The van der Waals surface area contributed by atoms with E-state index in [4.69, 9.17) is 4.98 Å². The van der Waals surface area contributed by atoms with Crippen LogP contribution in [0.4, 0.5) is 0 Å². The van der Waals surface area contributed by atoms with Crippen LogP contribution < -0.4 is 0 Å². The van der Waals surface area contributed by atoms with Gasteiger partial charge in [0, 0.05) is 67.2 Å². The highest BCUT2D eigenvalue weighted by Crippen LogP contribution is 2.24. The zero-order valence-corrected chi connectivity index (χ0v) is 18.3. The van der Waals surface area contributed by atoms with Crippen molar-refractivity contribution in [3.8, 4) is 10.6 Å². The molecule has 0 unspecified atom stereocenters. The highest BCUT2D eigenvalue weighted by Gasteiger charge is 2.22. The number of benzene rings is 2. The van der Waals surface area contributed by atoms with E-state index in [1.165, 1.54) is 16.5 Å². The van der Waals surface area contributed by atoms with E-state index in [1.807, 2.05) is 41.4 Å². The monoisotopic (exact) mass is 430 g/mol. The van der Waals surface area contributed by atoms with Crippen LogP contribution in [-0.2, 0) is 17.8 Å². The second-order valence-corrected chi connectivity index (χ2v) is 8.88. The van der Waals surface area contributed by atoms with Gasteiger partial charge >= 0.3 is 0 Å². The third kappa shape index (κ3) is 4.55. The smallest absolute Gasteiger partial charge is 0.222 e. The van der Waals surface area contributed by atoms with Crippen molar-refractivity contribution < 1.29 is 4.79 Å². The summed E-state index contributed by atoms with van der Waals surface area (Å²) < 4.78 is 0. The lowest BCUT2D eigenvalue weighted by Gasteiger charge is -2.34. The molecule has 1 saturated heterocycles. The van der Waals surface area contributed by atoms with Gasteiger partial charge in [-0.05, 0) is 18.1 Å². The molecule has 3 heterocycles. The summed E-state index contributed by atoms with van der Waals surface area (Å²) in [6, 6.07) is 18.6. The van der Waals surface area contributed by atoms with Gasteiger partial charge in [0.05, 0.1) is 5.69 Å². The molecule has 1 amide bonds. The van der Waals surface area contributed by atoms with Crippen molar-refractivity contribution in [2.24, 2.45) is 0 Å². The molecule has 31 heavy (non-hydrogen) atoms. The lowest BCUT2D eigenvalue weighted by molar-refractivity contribution is -0.133. The topological polar surface area (TPSA) is 52.2 Å². The molecule has 5 nitrogen and oxygen atoms in total. The first kappa shape index (κ1) is 20.0. The van der Waals surface area contributed by atoms with Crippen LogP contribution >= 0.6 is 11.3 Å². The summed E-state index contributed by atoms with van der Waals surface area (Å²) in [5.74, 6) is 0.255.